The monoisotopic (exact) mass is 168 g/mol. The van der Waals surface area contributed by atoms with E-state index in [4.69, 9.17) is 0 Å². The van der Waals surface area contributed by atoms with Crippen molar-refractivity contribution in [2.24, 2.45) is 5.92 Å². The topological polar surface area (TPSA) is 0 Å². The lowest BCUT2D eigenvalue weighted by Gasteiger charge is -2.14. The van der Waals surface area contributed by atoms with Gasteiger partial charge in [0.05, 0.1) is 0 Å². The number of allylic oxidation sites excluding steroid dienone is 1. The van der Waals surface area contributed by atoms with E-state index in [2.05, 4.69) is 23.9 Å². The van der Waals surface area contributed by atoms with Crippen molar-refractivity contribution < 1.29 is 0 Å². The van der Waals surface area contributed by atoms with E-state index in [-0.39, 0.29) is 0 Å². The zero-order valence-electron chi connectivity index (χ0n) is 6.96. The van der Waals surface area contributed by atoms with Gasteiger partial charge in [-0.05, 0) is 43.8 Å². The van der Waals surface area contributed by atoms with E-state index in [1.807, 2.05) is 0 Å². The highest BCUT2D eigenvalue weighted by Gasteiger charge is 2.22. The van der Waals surface area contributed by atoms with Crippen LogP contribution in [-0.4, -0.2) is 11.0 Å². The average Bonchev–Trinajstić information content (AvgIpc) is 2.86. The molecule has 0 aromatic heterocycles. The number of thioether (sulfide) groups is 1. The molecule has 0 radical (unpaired) electrons. The molecule has 0 N–H and O–H groups in total. The van der Waals surface area contributed by atoms with Crippen LogP contribution in [0.5, 0.6) is 0 Å². The summed E-state index contributed by atoms with van der Waals surface area (Å²) in [6.45, 7) is 0. The van der Waals surface area contributed by atoms with Gasteiger partial charge >= 0.3 is 0 Å². The first-order chi connectivity index (χ1) is 5.45. The maximum Gasteiger partial charge on any atom is 0.0227 e. The third kappa shape index (κ3) is 2.55. The summed E-state index contributed by atoms with van der Waals surface area (Å²) in [6.07, 6.45) is 11.9. The minimum Gasteiger partial charge on any atom is -0.154 e. The highest BCUT2D eigenvalue weighted by molar-refractivity contribution is 8.00. The summed E-state index contributed by atoms with van der Waals surface area (Å²) < 4.78 is 0. The van der Waals surface area contributed by atoms with Crippen LogP contribution in [-0.2, 0) is 0 Å². The lowest BCUT2D eigenvalue weighted by Crippen LogP contribution is -2.03. The Hall–Kier alpha value is 0.0900. The van der Waals surface area contributed by atoms with Gasteiger partial charge in [-0.25, -0.2) is 0 Å². The lowest BCUT2D eigenvalue weighted by atomic mass is 10.1. The first-order valence-electron chi connectivity index (χ1n) is 4.73. The smallest absolute Gasteiger partial charge is 0.0227 e. The van der Waals surface area contributed by atoms with Crippen LogP contribution < -0.4 is 0 Å². The van der Waals surface area contributed by atoms with Crippen LogP contribution in [0.1, 0.15) is 32.1 Å². The van der Waals surface area contributed by atoms with Crippen LogP contribution in [0.4, 0.5) is 0 Å². The molecule has 2 aliphatic rings. The second-order valence-corrected chi connectivity index (χ2v) is 4.95. The van der Waals surface area contributed by atoms with Gasteiger partial charge in [0.25, 0.3) is 0 Å². The molecule has 0 saturated heterocycles. The van der Waals surface area contributed by atoms with Crippen LogP contribution in [0, 0.1) is 5.92 Å². The summed E-state index contributed by atoms with van der Waals surface area (Å²) in [5.74, 6) is 2.52. The normalized spacial score (nSPS) is 30.7. The van der Waals surface area contributed by atoms with Gasteiger partial charge in [-0.2, -0.15) is 11.8 Å². The van der Waals surface area contributed by atoms with Crippen molar-refractivity contribution in [3.8, 4) is 0 Å². The first-order valence-corrected chi connectivity index (χ1v) is 5.78. The fourth-order valence-electron chi connectivity index (χ4n) is 1.46. The molecule has 62 valence electrons. The summed E-state index contributed by atoms with van der Waals surface area (Å²) in [7, 11) is 0. The SMILES string of the molecule is C1=CC(SCC2CC2)CCC1. The lowest BCUT2D eigenvalue weighted by molar-refractivity contribution is 0.740. The Labute approximate surface area is 73.4 Å². The van der Waals surface area contributed by atoms with Crippen molar-refractivity contribution in [1.82, 2.24) is 0 Å². The van der Waals surface area contributed by atoms with Crippen LogP contribution in [0.3, 0.4) is 0 Å². The third-order valence-electron chi connectivity index (χ3n) is 2.45. The molecule has 0 aromatic carbocycles. The average molecular weight is 168 g/mol. The molecule has 0 aromatic rings. The first kappa shape index (κ1) is 7.72. The van der Waals surface area contributed by atoms with Crippen LogP contribution in [0.2, 0.25) is 0 Å². The quantitative estimate of drug-likeness (QED) is 0.583. The van der Waals surface area contributed by atoms with Gasteiger partial charge in [-0.3, -0.25) is 0 Å². The Kier molecular flexibility index (Phi) is 2.57. The summed E-state index contributed by atoms with van der Waals surface area (Å²) in [5.41, 5.74) is 0. The maximum atomic E-state index is 2.41. The molecule has 2 rings (SSSR count). The fourth-order valence-corrected chi connectivity index (χ4v) is 2.87. The summed E-state index contributed by atoms with van der Waals surface area (Å²) in [4.78, 5) is 0. The van der Waals surface area contributed by atoms with Crippen molar-refractivity contribution in [2.75, 3.05) is 5.75 Å². The second-order valence-electron chi connectivity index (χ2n) is 3.67. The van der Waals surface area contributed by atoms with Gasteiger partial charge in [0, 0.05) is 5.25 Å². The Morgan fingerprint density at radius 2 is 2.18 bits per heavy atom. The number of hydrogen-bond acceptors (Lipinski definition) is 1. The van der Waals surface area contributed by atoms with Crippen molar-refractivity contribution in [3.63, 3.8) is 0 Å². The Balaban J connectivity index is 1.67. The van der Waals surface area contributed by atoms with Crippen molar-refractivity contribution in [3.05, 3.63) is 12.2 Å². The zero-order valence-corrected chi connectivity index (χ0v) is 7.78. The predicted octanol–water partition coefficient (Wildman–Crippen LogP) is 3.24. The van der Waals surface area contributed by atoms with E-state index in [0.717, 1.165) is 11.2 Å². The summed E-state index contributed by atoms with van der Waals surface area (Å²) in [6, 6.07) is 0. The van der Waals surface area contributed by atoms with E-state index in [0.29, 0.717) is 0 Å². The summed E-state index contributed by atoms with van der Waals surface area (Å²) >= 11 is 2.18. The van der Waals surface area contributed by atoms with E-state index in [1.165, 1.54) is 37.9 Å². The molecule has 0 bridgehead atoms. The van der Waals surface area contributed by atoms with E-state index >= 15 is 0 Å². The van der Waals surface area contributed by atoms with Crippen molar-refractivity contribution >= 4 is 11.8 Å². The maximum absolute atomic E-state index is 2.41. The predicted molar refractivity (Wildman–Crippen MR) is 52.0 cm³/mol. The molecule has 0 heterocycles. The molecule has 2 aliphatic carbocycles. The van der Waals surface area contributed by atoms with Gasteiger partial charge in [0.1, 0.15) is 0 Å². The Morgan fingerprint density at radius 1 is 1.27 bits per heavy atom. The van der Waals surface area contributed by atoms with E-state index in [1.54, 1.807) is 0 Å². The molecule has 0 amide bonds. The minimum absolute atomic E-state index is 0.865. The van der Waals surface area contributed by atoms with Crippen molar-refractivity contribution in [1.29, 1.82) is 0 Å². The molecule has 11 heavy (non-hydrogen) atoms. The zero-order chi connectivity index (χ0) is 7.52. The van der Waals surface area contributed by atoms with Gasteiger partial charge < -0.3 is 0 Å². The Bertz CT molecular complexity index is 147. The molecule has 1 atom stereocenters. The van der Waals surface area contributed by atoms with E-state index in [9.17, 15) is 0 Å². The standard InChI is InChI=1S/C10H16S/c1-2-4-10(5-3-1)11-8-9-6-7-9/h2,4,9-10H,1,3,5-8H2. The molecule has 1 unspecified atom stereocenters. The van der Waals surface area contributed by atoms with Crippen molar-refractivity contribution in [2.45, 2.75) is 37.4 Å². The Morgan fingerprint density at radius 3 is 2.82 bits per heavy atom. The molecular weight excluding hydrogens is 152 g/mol. The third-order valence-corrected chi connectivity index (χ3v) is 3.94. The molecule has 0 spiro atoms. The van der Waals surface area contributed by atoms with E-state index < -0.39 is 0 Å². The second kappa shape index (κ2) is 3.66. The molecule has 0 nitrogen and oxygen atoms in total. The fraction of sp³-hybridized carbons (Fsp3) is 0.800. The largest absolute Gasteiger partial charge is 0.154 e. The van der Waals surface area contributed by atoms with Crippen LogP contribution >= 0.6 is 11.8 Å². The summed E-state index contributed by atoms with van der Waals surface area (Å²) in [5, 5.41) is 0.865. The van der Waals surface area contributed by atoms with Gasteiger partial charge in [0.2, 0.25) is 0 Å². The van der Waals surface area contributed by atoms with Crippen LogP contribution in [0.15, 0.2) is 12.2 Å². The number of hydrogen-bond donors (Lipinski definition) is 0. The minimum atomic E-state index is 0.865. The molecule has 0 aliphatic heterocycles. The molecule has 1 heteroatoms. The van der Waals surface area contributed by atoms with Gasteiger partial charge in [0.15, 0.2) is 0 Å². The van der Waals surface area contributed by atoms with Crippen LogP contribution in [0.25, 0.3) is 0 Å². The molecular formula is C10H16S. The molecule has 1 saturated carbocycles. The van der Waals surface area contributed by atoms with Gasteiger partial charge in [-0.1, -0.05) is 12.2 Å². The van der Waals surface area contributed by atoms with Gasteiger partial charge in [-0.15, -0.1) is 0 Å². The highest BCUT2D eigenvalue weighted by atomic mass is 32.2. The number of rotatable bonds is 3. The highest BCUT2D eigenvalue weighted by Crippen LogP contribution is 2.35. The molecule has 1 fully saturated rings.